The highest BCUT2D eigenvalue weighted by molar-refractivity contribution is 14.1. The molecule has 0 aliphatic heterocycles. The Morgan fingerprint density at radius 1 is 1.44 bits per heavy atom. The first-order valence-corrected chi connectivity index (χ1v) is 8.09. The molecule has 16 heavy (non-hydrogen) atoms. The second kappa shape index (κ2) is 5.14. The van der Waals surface area contributed by atoms with Crippen molar-refractivity contribution < 1.29 is 8.42 Å². The summed E-state index contributed by atoms with van der Waals surface area (Å²) >= 11 is 8.00. The zero-order valence-electron chi connectivity index (χ0n) is 9.16. The van der Waals surface area contributed by atoms with Crippen LogP contribution in [0.25, 0.3) is 0 Å². The van der Waals surface area contributed by atoms with E-state index in [1.807, 2.05) is 6.92 Å². The van der Waals surface area contributed by atoms with Gasteiger partial charge in [-0.2, -0.15) is 0 Å². The summed E-state index contributed by atoms with van der Waals surface area (Å²) in [6.07, 6.45) is 1.86. The van der Waals surface area contributed by atoms with Crippen LogP contribution in [-0.4, -0.2) is 24.6 Å². The van der Waals surface area contributed by atoms with E-state index in [1.54, 1.807) is 6.92 Å². The number of rotatable bonds is 3. The molecular formula is C9H12ClIN2O2S. The van der Waals surface area contributed by atoms with E-state index in [9.17, 15) is 8.42 Å². The van der Waals surface area contributed by atoms with Gasteiger partial charge in [-0.25, -0.2) is 18.4 Å². The Morgan fingerprint density at radius 3 is 2.44 bits per heavy atom. The first-order chi connectivity index (χ1) is 7.27. The Labute approximate surface area is 114 Å². The van der Waals surface area contributed by atoms with Crippen LogP contribution in [0.5, 0.6) is 0 Å². The van der Waals surface area contributed by atoms with Gasteiger partial charge in [-0.15, -0.1) is 0 Å². The van der Waals surface area contributed by atoms with Crippen molar-refractivity contribution in [2.45, 2.75) is 25.5 Å². The van der Waals surface area contributed by atoms with Gasteiger partial charge in [0, 0.05) is 6.26 Å². The summed E-state index contributed by atoms with van der Waals surface area (Å²) in [5, 5.41) is -0.412. The van der Waals surface area contributed by atoms with E-state index in [4.69, 9.17) is 11.6 Å². The van der Waals surface area contributed by atoms with Gasteiger partial charge in [-0.3, -0.25) is 0 Å². The molecule has 0 N–H and O–H groups in total. The Morgan fingerprint density at radius 2 is 2.00 bits per heavy atom. The lowest BCUT2D eigenvalue weighted by molar-refractivity contribution is 0.588. The van der Waals surface area contributed by atoms with Crippen LogP contribution < -0.4 is 0 Å². The third kappa shape index (κ3) is 3.04. The van der Waals surface area contributed by atoms with E-state index < -0.39 is 15.1 Å². The average molecular weight is 375 g/mol. The summed E-state index contributed by atoms with van der Waals surface area (Å²) in [7, 11) is -3.20. The molecule has 7 heteroatoms. The summed E-state index contributed by atoms with van der Waals surface area (Å²) in [4.78, 5) is 8.25. The Hall–Kier alpha value is 0.0500. The van der Waals surface area contributed by atoms with Gasteiger partial charge in [0.25, 0.3) is 0 Å². The zero-order chi connectivity index (χ0) is 12.5. The molecule has 0 radical (unpaired) electrons. The summed E-state index contributed by atoms with van der Waals surface area (Å²) in [6, 6.07) is 0. The molecule has 90 valence electrons. The molecule has 1 unspecified atom stereocenters. The van der Waals surface area contributed by atoms with Crippen molar-refractivity contribution in [3.05, 3.63) is 20.2 Å². The quantitative estimate of drug-likeness (QED) is 0.602. The van der Waals surface area contributed by atoms with Crippen molar-refractivity contribution in [3.63, 3.8) is 0 Å². The molecule has 0 aliphatic rings. The van der Waals surface area contributed by atoms with Gasteiger partial charge < -0.3 is 0 Å². The third-order valence-electron chi connectivity index (χ3n) is 2.24. The summed E-state index contributed by atoms with van der Waals surface area (Å²) in [6.45, 7) is 3.50. The smallest absolute Gasteiger partial charge is 0.157 e. The standard InChI is InChI=1S/C9H12ClIN2O2S/c1-4-6-7(11)8(10)13-9(12-6)5(2)16(3,14)15/h5H,4H2,1-3H3. The molecule has 1 aromatic heterocycles. The van der Waals surface area contributed by atoms with E-state index in [0.29, 0.717) is 11.6 Å². The van der Waals surface area contributed by atoms with Crippen LogP contribution in [0.3, 0.4) is 0 Å². The molecule has 0 bridgehead atoms. The highest BCUT2D eigenvalue weighted by atomic mass is 127. The van der Waals surface area contributed by atoms with E-state index >= 15 is 0 Å². The second-order valence-electron chi connectivity index (χ2n) is 3.46. The molecule has 1 atom stereocenters. The molecule has 0 saturated carbocycles. The minimum absolute atomic E-state index is 0.268. The fourth-order valence-corrected chi connectivity index (χ4v) is 2.40. The van der Waals surface area contributed by atoms with E-state index in [0.717, 1.165) is 9.26 Å². The van der Waals surface area contributed by atoms with Crippen molar-refractivity contribution in [3.8, 4) is 0 Å². The molecule has 0 aromatic carbocycles. The lowest BCUT2D eigenvalue weighted by atomic mass is 10.3. The second-order valence-corrected chi connectivity index (χ2v) is 7.26. The topological polar surface area (TPSA) is 59.9 Å². The maximum Gasteiger partial charge on any atom is 0.157 e. The van der Waals surface area contributed by atoms with Crippen LogP contribution >= 0.6 is 34.2 Å². The largest absolute Gasteiger partial charge is 0.235 e. The SMILES string of the molecule is CCc1nc(C(C)S(C)(=O)=O)nc(Cl)c1I. The molecule has 1 aromatic rings. The Bertz CT molecular complexity index is 504. The van der Waals surface area contributed by atoms with Crippen LogP contribution in [0.15, 0.2) is 0 Å². The van der Waals surface area contributed by atoms with Crippen LogP contribution in [0.2, 0.25) is 5.15 Å². The predicted octanol–water partition coefficient (Wildman–Crippen LogP) is 2.40. The van der Waals surface area contributed by atoms with Gasteiger partial charge in [0.1, 0.15) is 16.2 Å². The van der Waals surface area contributed by atoms with Crippen molar-refractivity contribution in [1.82, 2.24) is 9.97 Å². The molecular weight excluding hydrogens is 363 g/mol. The Kier molecular flexibility index (Phi) is 4.53. The number of aryl methyl sites for hydroxylation is 1. The lowest BCUT2D eigenvalue weighted by Crippen LogP contribution is -2.13. The van der Waals surface area contributed by atoms with Gasteiger partial charge in [-0.05, 0) is 35.9 Å². The minimum Gasteiger partial charge on any atom is -0.235 e. The fraction of sp³-hybridized carbons (Fsp3) is 0.556. The number of halogens is 2. The molecule has 0 spiro atoms. The summed E-state index contributed by atoms with van der Waals surface area (Å²) in [5.41, 5.74) is 0.783. The number of sulfone groups is 1. The highest BCUT2D eigenvalue weighted by Gasteiger charge is 2.22. The summed E-state index contributed by atoms with van der Waals surface area (Å²) < 4.78 is 23.6. The van der Waals surface area contributed by atoms with Gasteiger partial charge in [0.2, 0.25) is 0 Å². The minimum atomic E-state index is -3.20. The molecule has 1 rings (SSSR count). The molecule has 0 saturated heterocycles. The van der Waals surface area contributed by atoms with Crippen molar-refractivity contribution in [2.24, 2.45) is 0 Å². The van der Waals surface area contributed by atoms with E-state index in [-0.39, 0.29) is 5.82 Å². The number of hydrogen-bond donors (Lipinski definition) is 0. The first-order valence-electron chi connectivity index (χ1n) is 4.68. The van der Waals surface area contributed by atoms with Gasteiger partial charge in [0.15, 0.2) is 9.84 Å². The van der Waals surface area contributed by atoms with Crippen LogP contribution in [-0.2, 0) is 16.3 Å². The highest BCUT2D eigenvalue weighted by Crippen LogP contribution is 2.24. The van der Waals surface area contributed by atoms with Gasteiger partial charge >= 0.3 is 0 Å². The number of nitrogens with zero attached hydrogens (tertiary/aromatic N) is 2. The van der Waals surface area contributed by atoms with Crippen molar-refractivity contribution in [2.75, 3.05) is 6.26 Å². The third-order valence-corrected chi connectivity index (χ3v) is 5.46. The zero-order valence-corrected chi connectivity index (χ0v) is 12.9. The predicted molar refractivity (Wildman–Crippen MR) is 72.4 cm³/mol. The van der Waals surface area contributed by atoms with Crippen LogP contribution in [0.1, 0.15) is 30.6 Å². The maximum atomic E-state index is 11.4. The van der Waals surface area contributed by atoms with E-state index in [1.165, 1.54) is 6.26 Å². The van der Waals surface area contributed by atoms with E-state index in [2.05, 4.69) is 32.6 Å². The normalized spacial score (nSPS) is 13.8. The molecule has 0 aliphatic carbocycles. The van der Waals surface area contributed by atoms with Crippen LogP contribution in [0, 0.1) is 3.57 Å². The first kappa shape index (κ1) is 14.1. The van der Waals surface area contributed by atoms with Gasteiger partial charge in [-0.1, -0.05) is 18.5 Å². The Balaban J connectivity index is 3.32. The average Bonchev–Trinajstić information content (AvgIpc) is 2.19. The summed E-state index contributed by atoms with van der Waals surface area (Å²) in [5.74, 6) is 0.268. The number of hydrogen-bond acceptors (Lipinski definition) is 4. The fourth-order valence-electron chi connectivity index (χ4n) is 1.09. The number of aromatic nitrogens is 2. The van der Waals surface area contributed by atoms with Crippen molar-refractivity contribution in [1.29, 1.82) is 0 Å². The monoisotopic (exact) mass is 374 g/mol. The maximum absolute atomic E-state index is 11.4. The van der Waals surface area contributed by atoms with Gasteiger partial charge in [0.05, 0.1) is 9.26 Å². The molecule has 4 nitrogen and oxygen atoms in total. The molecule has 1 heterocycles. The lowest BCUT2D eigenvalue weighted by Gasteiger charge is -2.11. The molecule has 0 fully saturated rings. The van der Waals surface area contributed by atoms with Crippen molar-refractivity contribution >= 4 is 44.0 Å². The molecule has 0 amide bonds. The van der Waals surface area contributed by atoms with Crippen LogP contribution in [0.4, 0.5) is 0 Å².